The molecule has 0 aliphatic heterocycles. The Morgan fingerprint density at radius 1 is 1.19 bits per heavy atom. The van der Waals surface area contributed by atoms with Crippen molar-refractivity contribution in [3.63, 3.8) is 0 Å². The summed E-state index contributed by atoms with van der Waals surface area (Å²) in [5.41, 5.74) is 1.33. The van der Waals surface area contributed by atoms with Crippen molar-refractivity contribution >= 4 is 11.8 Å². The van der Waals surface area contributed by atoms with Crippen LogP contribution >= 0.6 is 11.8 Å². The molecule has 0 saturated carbocycles. The molecule has 90 valence electrons. The van der Waals surface area contributed by atoms with Gasteiger partial charge < -0.3 is 5.32 Å². The van der Waals surface area contributed by atoms with Crippen LogP contribution in [0.2, 0.25) is 0 Å². The van der Waals surface area contributed by atoms with Crippen LogP contribution in [0.5, 0.6) is 0 Å². The highest BCUT2D eigenvalue weighted by molar-refractivity contribution is 7.99. The molecule has 0 amide bonds. The second-order valence-corrected chi connectivity index (χ2v) is 5.26. The van der Waals surface area contributed by atoms with Crippen molar-refractivity contribution in [2.45, 2.75) is 44.6 Å². The Kier molecular flexibility index (Phi) is 6.58. The number of benzene rings is 1. The molecule has 0 aromatic heterocycles. The van der Waals surface area contributed by atoms with E-state index in [1.54, 1.807) is 0 Å². The van der Waals surface area contributed by atoms with Crippen molar-refractivity contribution in [3.8, 4) is 0 Å². The first kappa shape index (κ1) is 13.6. The van der Waals surface area contributed by atoms with Crippen LogP contribution in [0.3, 0.4) is 0 Å². The quantitative estimate of drug-likeness (QED) is 0.723. The fraction of sp³-hybridized carbons (Fsp3) is 0.571. The van der Waals surface area contributed by atoms with E-state index in [9.17, 15) is 0 Å². The highest BCUT2D eigenvalue weighted by Crippen LogP contribution is 2.20. The van der Waals surface area contributed by atoms with Gasteiger partial charge in [0.2, 0.25) is 0 Å². The second-order valence-electron chi connectivity index (χ2n) is 4.17. The lowest BCUT2D eigenvalue weighted by Crippen LogP contribution is -2.30. The number of thioether (sulfide) groups is 1. The van der Waals surface area contributed by atoms with Crippen molar-refractivity contribution < 1.29 is 0 Å². The molecule has 0 aliphatic carbocycles. The first-order valence-electron chi connectivity index (χ1n) is 6.19. The van der Waals surface area contributed by atoms with Crippen LogP contribution in [-0.2, 0) is 0 Å². The van der Waals surface area contributed by atoms with E-state index in [1.807, 2.05) is 11.8 Å². The Labute approximate surface area is 104 Å². The van der Waals surface area contributed by atoms with E-state index in [4.69, 9.17) is 0 Å². The summed E-state index contributed by atoms with van der Waals surface area (Å²) in [6, 6.07) is 9.46. The van der Waals surface area contributed by atoms with Gasteiger partial charge >= 0.3 is 0 Å². The summed E-state index contributed by atoms with van der Waals surface area (Å²) in [4.78, 5) is 1.38. The first-order valence-corrected chi connectivity index (χ1v) is 7.17. The van der Waals surface area contributed by atoms with Gasteiger partial charge in [0.05, 0.1) is 0 Å². The van der Waals surface area contributed by atoms with Crippen LogP contribution in [0.1, 0.15) is 32.3 Å². The van der Waals surface area contributed by atoms with Crippen LogP contribution in [0.4, 0.5) is 0 Å². The largest absolute Gasteiger partial charge is 0.313 e. The Hall–Kier alpha value is -0.470. The van der Waals surface area contributed by atoms with Crippen molar-refractivity contribution in [2.24, 2.45) is 0 Å². The third kappa shape index (κ3) is 5.04. The van der Waals surface area contributed by atoms with E-state index >= 15 is 0 Å². The Balaban J connectivity index is 2.38. The maximum absolute atomic E-state index is 3.54. The van der Waals surface area contributed by atoms with E-state index in [2.05, 4.69) is 50.4 Å². The average Bonchev–Trinajstić information content (AvgIpc) is 2.29. The predicted molar refractivity (Wildman–Crippen MR) is 74.3 cm³/mol. The summed E-state index contributed by atoms with van der Waals surface area (Å²) in [6.45, 7) is 7.63. The highest BCUT2D eigenvalue weighted by atomic mass is 32.2. The topological polar surface area (TPSA) is 12.0 Å². The first-order chi connectivity index (χ1) is 7.76. The van der Waals surface area contributed by atoms with Crippen molar-refractivity contribution in [2.75, 3.05) is 12.3 Å². The minimum atomic E-state index is 0.654. The van der Waals surface area contributed by atoms with Crippen LogP contribution < -0.4 is 5.32 Å². The van der Waals surface area contributed by atoms with E-state index in [0.29, 0.717) is 6.04 Å². The van der Waals surface area contributed by atoms with Crippen LogP contribution in [0, 0.1) is 6.92 Å². The lowest BCUT2D eigenvalue weighted by molar-refractivity contribution is 0.531. The summed E-state index contributed by atoms with van der Waals surface area (Å²) < 4.78 is 0. The monoisotopic (exact) mass is 237 g/mol. The molecule has 0 radical (unpaired) electrons. The molecule has 0 fully saturated rings. The minimum Gasteiger partial charge on any atom is -0.313 e. The maximum atomic E-state index is 3.54. The zero-order valence-electron chi connectivity index (χ0n) is 10.6. The SMILES string of the molecule is CCCC(CSc1ccc(C)cc1)NCC. The number of rotatable bonds is 7. The van der Waals surface area contributed by atoms with Gasteiger partial charge in [0.25, 0.3) is 0 Å². The summed E-state index contributed by atoms with van der Waals surface area (Å²) in [5.74, 6) is 1.17. The average molecular weight is 237 g/mol. The number of nitrogens with one attached hydrogen (secondary N) is 1. The number of hydrogen-bond donors (Lipinski definition) is 1. The Morgan fingerprint density at radius 2 is 1.88 bits per heavy atom. The predicted octanol–water partition coefficient (Wildman–Crippen LogP) is 3.87. The number of hydrogen-bond acceptors (Lipinski definition) is 2. The van der Waals surface area contributed by atoms with E-state index < -0.39 is 0 Å². The van der Waals surface area contributed by atoms with Crippen molar-refractivity contribution in [3.05, 3.63) is 29.8 Å². The Morgan fingerprint density at radius 3 is 2.44 bits per heavy atom. The molecule has 0 bridgehead atoms. The molecule has 1 nitrogen and oxygen atoms in total. The van der Waals surface area contributed by atoms with Crippen molar-refractivity contribution in [1.82, 2.24) is 5.32 Å². The fourth-order valence-electron chi connectivity index (χ4n) is 1.71. The van der Waals surface area contributed by atoms with E-state index in [0.717, 1.165) is 6.54 Å². The normalized spacial score (nSPS) is 12.7. The molecular formula is C14H23NS. The summed E-state index contributed by atoms with van der Waals surface area (Å²) >= 11 is 1.95. The molecule has 1 rings (SSSR count). The molecule has 0 saturated heterocycles. The maximum Gasteiger partial charge on any atom is 0.0161 e. The van der Waals surface area contributed by atoms with Gasteiger partial charge in [0.1, 0.15) is 0 Å². The van der Waals surface area contributed by atoms with Gasteiger partial charge in [-0.15, -0.1) is 11.8 Å². The molecule has 1 atom stereocenters. The molecule has 0 aliphatic rings. The smallest absolute Gasteiger partial charge is 0.0161 e. The third-order valence-electron chi connectivity index (χ3n) is 2.60. The van der Waals surface area contributed by atoms with Gasteiger partial charge in [-0.2, -0.15) is 0 Å². The van der Waals surface area contributed by atoms with Crippen LogP contribution in [0.25, 0.3) is 0 Å². The van der Waals surface area contributed by atoms with Crippen LogP contribution in [0.15, 0.2) is 29.2 Å². The van der Waals surface area contributed by atoms with Crippen molar-refractivity contribution in [1.29, 1.82) is 0 Å². The summed E-state index contributed by atoms with van der Waals surface area (Å²) in [7, 11) is 0. The summed E-state index contributed by atoms with van der Waals surface area (Å²) in [6.07, 6.45) is 2.53. The molecule has 1 aromatic rings. The molecule has 2 heteroatoms. The fourth-order valence-corrected chi connectivity index (χ4v) is 2.72. The van der Waals surface area contributed by atoms with Gasteiger partial charge in [-0.25, -0.2) is 0 Å². The van der Waals surface area contributed by atoms with E-state index in [-0.39, 0.29) is 0 Å². The minimum absolute atomic E-state index is 0.654. The zero-order chi connectivity index (χ0) is 11.8. The van der Waals surface area contributed by atoms with Gasteiger partial charge in [0, 0.05) is 16.7 Å². The second kappa shape index (κ2) is 7.75. The van der Waals surface area contributed by atoms with E-state index in [1.165, 1.54) is 29.1 Å². The highest BCUT2D eigenvalue weighted by Gasteiger charge is 2.06. The van der Waals surface area contributed by atoms with Gasteiger partial charge in [-0.05, 0) is 32.0 Å². The van der Waals surface area contributed by atoms with Gasteiger partial charge in [0.15, 0.2) is 0 Å². The molecule has 16 heavy (non-hydrogen) atoms. The molecular weight excluding hydrogens is 214 g/mol. The molecule has 0 heterocycles. The van der Waals surface area contributed by atoms with Gasteiger partial charge in [-0.3, -0.25) is 0 Å². The van der Waals surface area contributed by atoms with Crippen LogP contribution in [-0.4, -0.2) is 18.3 Å². The molecule has 0 spiro atoms. The van der Waals surface area contributed by atoms with Gasteiger partial charge in [-0.1, -0.05) is 38.0 Å². The lowest BCUT2D eigenvalue weighted by Gasteiger charge is -2.16. The third-order valence-corrected chi connectivity index (χ3v) is 3.78. The standard InChI is InChI=1S/C14H23NS/c1-4-6-13(15-5-2)11-16-14-9-7-12(3)8-10-14/h7-10,13,15H,4-6,11H2,1-3H3. The number of aryl methyl sites for hydroxylation is 1. The molecule has 1 unspecified atom stereocenters. The Bertz CT molecular complexity index is 275. The summed E-state index contributed by atoms with van der Waals surface area (Å²) in [5, 5.41) is 3.54. The molecule has 1 N–H and O–H groups in total. The lowest BCUT2D eigenvalue weighted by atomic mass is 10.2. The zero-order valence-corrected chi connectivity index (χ0v) is 11.4. The molecule has 1 aromatic carbocycles.